The fourth-order valence-corrected chi connectivity index (χ4v) is 0.775. The topological polar surface area (TPSA) is 26.3 Å². The van der Waals surface area contributed by atoms with Crippen molar-refractivity contribution in [3.63, 3.8) is 0 Å². The van der Waals surface area contributed by atoms with Crippen molar-refractivity contribution in [1.82, 2.24) is 0 Å². The van der Waals surface area contributed by atoms with Gasteiger partial charge < -0.3 is 4.74 Å². The molecule has 0 bridgehead atoms. The van der Waals surface area contributed by atoms with Crippen LogP contribution < -0.4 is 0 Å². The summed E-state index contributed by atoms with van der Waals surface area (Å²) in [4.78, 5) is 11.0. The van der Waals surface area contributed by atoms with Crippen LogP contribution in [0, 0.1) is 0 Å². The molecule has 0 radical (unpaired) electrons. The van der Waals surface area contributed by atoms with Crippen molar-refractivity contribution in [2.24, 2.45) is 0 Å². The van der Waals surface area contributed by atoms with Gasteiger partial charge in [0.05, 0.1) is 6.26 Å². The van der Waals surface area contributed by atoms with E-state index in [1.54, 1.807) is 6.92 Å². The molecule has 0 saturated carbocycles. The third-order valence-electron chi connectivity index (χ3n) is 1.52. The molecular formula is C10H16O2. The molecule has 0 aliphatic rings. The second kappa shape index (κ2) is 6.65. The Morgan fingerprint density at radius 3 is 2.75 bits per heavy atom. The summed E-state index contributed by atoms with van der Waals surface area (Å²) in [6.07, 6.45) is 6.24. The van der Waals surface area contributed by atoms with Gasteiger partial charge in [-0.15, -0.1) is 0 Å². The highest BCUT2D eigenvalue weighted by molar-refractivity contribution is 5.88. The maximum Gasteiger partial charge on any atom is 0.338 e. The van der Waals surface area contributed by atoms with Crippen molar-refractivity contribution in [2.75, 3.05) is 0 Å². The average molecular weight is 168 g/mol. The predicted octanol–water partition coefficient (Wildman–Crippen LogP) is 2.81. The first-order chi connectivity index (χ1) is 5.72. The summed E-state index contributed by atoms with van der Waals surface area (Å²) in [7, 11) is 0. The van der Waals surface area contributed by atoms with Gasteiger partial charge in [0.25, 0.3) is 0 Å². The zero-order valence-corrected chi connectivity index (χ0v) is 7.80. The Labute approximate surface area is 73.9 Å². The highest BCUT2D eigenvalue weighted by Gasteiger charge is 2.01. The lowest BCUT2D eigenvalue weighted by Crippen LogP contribution is -2.00. The number of carbonyl (C=O) groups excluding carboxylic acids is 1. The number of allylic oxidation sites excluding steroid dienone is 1. The smallest absolute Gasteiger partial charge is 0.338 e. The molecule has 68 valence electrons. The Morgan fingerprint density at radius 1 is 1.58 bits per heavy atom. The minimum atomic E-state index is -0.305. The van der Waals surface area contributed by atoms with Gasteiger partial charge in [0, 0.05) is 5.57 Å². The first-order valence-corrected chi connectivity index (χ1v) is 4.21. The van der Waals surface area contributed by atoms with E-state index < -0.39 is 0 Å². The van der Waals surface area contributed by atoms with Crippen LogP contribution in [0.4, 0.5) is 0 Å². The number of carbonyl (C=O) groups is 1. The standard InChI is InChI=1S/C10H16O2/c1-4-6-7-8-9(3)10(11)12-5-2/h5,8H,2,4,6-7H2,1,3H3/b9-8+. The summed E-state index contributed by atoms with van der Waals surface area (Å²) in [5.41, 5.74) is 0.656. The molecule has 12 heavy (non-hydrogen) atoms. The van der Waals surface area contributed by atoms with E-state index in [0.717, 1.165) is 25.5 Å². The summed E-state index contributed by atoms with van der Waals surface area (Å²) < 4.78 is 4.59. The van der Waals surface area contributed by atoms with Crippen molar-refractivity contribution < 1.29 is 9.53 Å². The van der Waals surface area contributed by atoms with Gasteiger partial charge in [0.15, 0.2) is 0 Å². The van der Waals surface area contributed by atoms with Crippen LogP contribution in [0.5, 0.6) is 0 Å². The van der Waals surface area contributed by atoms with Crippen molar-refractivity contribution in [2.45, 2.75) is 33.1 Å². The van der Waals surface area contributed by atoms with Crippen LogP contribution in [0.2, 0.25) is 0 Å². The Bertz CT molecular complexity index is 180. The second-order valence-electron chi connectivity index (χ2n) is 2.60. The van der Waals surface area contributed by atoms with Crippen molar-refractivity contribution >= 4 is 5.97 Å². The zero-order valence-electron chi connectivity index (χ0n) is 7.80. The maximum atomic E-state index is 11.0. The van der Waals surface area contributed by atoms with E-state index in [1.807, 2.05) is 6.08 Å². The first kappa shape index (κ1) is 11.0. The van der Waals surface area contributed by atoms with Gasteiger partial charge in [-0.1, -0.05) is 32.4 Å². The first-order valence-electron chi connectivity index (χ1n) is 4.21. The minimum Gasteiger partial charge on any atom is -0.432 e. The van der Waals surface area contributed by atoms with Gasteiger partial charge in [0.1, 0.15) is 0 Å². The quantitative estimate of drug-likeness (QED) is 0.273. The molecule has 0 unspecified atom stereocenters. The second-order valence-corrected chi connectivity index (χ2v) is 2.60. The molecule has 0 aliphatic heterocycles. The van der Waals surface area contributed by atoms with Gasteiger partial charge in [0.2, 0.25) is 0 Å². The molecular weight excluding hydrogens is 152 g/mol. The lowest BCUT2D eigenvalue weighted by Gasteiger charge is -1.97. The molecule has 0 spiro atoms. The van der Waals surface area contributed by atoms with E-state index in [4.69, 9.17) is 0 Å². The van der Waals surface area contributed by atoms with E-state index in [0.29, 0.717) is 5.57 Å². The molecule has 0 atom stereocenters. The van der Waals surface area contributed by atoms with Gasteiger partial charge >= 0.3 is 5.97 Å². The molecule has 2 heteroatoms. The van der Waals surface area contributed by atoms with Crippen LogP contribution in [0.1, 0.15) is 33.1 Å². The van der Waals surface area contributed by atoms with Crippen molar-refractivity contribution in [1.29, 1.82) is 0 Å². The normalized spacial score (nSPS) is 11.0. The van der Waals surface area contributed by atoms with Crippen molar-refractivity contribution in [3.05, 3.63) is 24.5 Å². The summed E-state index contributed by atoms with van der Waals surface area (Å²) in [5, 5.41) is 0. The van der Waals surface area contributed by atoms with Crippen LogP contribution >= 0.6 is 0 Å². The third-order valence-corrected chi connectivity index (χ3v) is 1.52. The van der Waals surface area contributed by atoms with E-state index in [2.05, 4.69) is 18.2 Å². The monoisotopic (exact) mass is 168 g/mol. The molecule has 0 amide bonds. The lowest BCUT2D eigenvalue weighted by atomic mass is 10.2. The largest absolute Gasteiger partial charge is 0.432 e. The van der Waals surface area contributed by atoms with Gasteiger partial charge in [-0.2, -0.15) is 0 Å². The summed E-state index contributed by atoms with van der Waals surface area (Å²) in [6, 6.07) is 0. The molecule has 0 aromatic carbocycles. The Balaban J connectivity index is 3.81. The number of esters is 1. The van der Waals surface area contributed by atoms with E-state index in [9.17, 15) is 4.79 Å². The Kier molecular flexibility index (Phi) is 6.07. The van der Waals surface area contributed by atoms with Crippen LogP contribution in [-0.2, 0) is 9.53 Å². The van der Waals surface area contributed by atoms with Crippen LogP contribution in [0.15, 0.2) is 24.5 Å². The summed E-state index contributed by atoms with van der Waals surface area (Å²) in [5.74, 6) is -0.305. The Morgan fingerprint density at radius 2 is 2.25 bits per heavy atom. The highest BCUT2D eigenvalue weighted by Crippen LogP contribution is 2.02. The predicted molar refractivity (Wildman–Crippen MR) is 49.6 cm³/mol. The number of ether oxygens (including phenoxy) is 1. The molecule has 0 saturated heterocycles. The fraction of sp³-hybridized carbons (Fsp3) is 0.500. The lowest BCUT2D eigenvalue weighted by molar-refractivity contribution is -0.133. The van der Waals surface area contributed by atoms with Crippen LogP contribution in [0.3, 0.4) is 0 Å². The fourth-order valence-electron chi connectivity index (χ4n) is 0.775. The minimum absolute atomic E-state index is 0.305. The number of rotatable bonds is 5. The van der Waals surface area contributed by atoms with Gasteiger partial charge in [-0.05, 0) is 13.3 Å². The number of unbranched alkanes of at least 4 members (excludes halogenated alkanes) is 2. The van der Waals surface area contributed by atoms with Crippen LogP contribution in [0.25, 0.3) is 0 Å². The maximum absolute atomic E-state index is 11.0. The number of hydrogen-bond donors (Lipinski definition) is 0. The van der Waals surface area contributed by atoms with Crippen molar-refractivity contribution in [3.8, 4) is 0 Å². The molecule has 2 nitrogen and oxygen atoms in total. The molecule has 0 rings (SSSR count). The SMILES string of the molecule is C=COC(=O)/C(C)=C/CCCC. The van der Waals surface area contributed by atoms with E-state index >= 15 is 0 Å². The molecule has 0 N–H and O–H groups in total. The molecule has 0 aromatic rings. The summed E-state index contributed by atoms with van der Waals surface area (Å²) in [6.45, 7) is 7.18. The highest BCUT2D eigenvalue weighted by atomic mass is 16.5. The van der Waals surface area contributed by atoms with E-state index in [1.165, 1.54) is 0 Å². The number of hydrogen-bond acceptors (Lipinski definition) is 2. The van der Waals surface area contributed by atoms with Gasteiger partial charge in [-0.25, -0.2) is 4.79 Å². The Hall–Kier alpha value is -1.05. The average Bonchev–Trinajstić information content (AvgIpc) is 2.05. The van der Waals surface area contributed by atoms with Gasteiger partial charge in [-0.3, -0.25) is 0 Å². The summed E-state index contributed by atoms with van der Waals surface area (Å²) >= 11 is 0. The molecule has 0 heterocycles. The van der Waals surface area contributed by atoms with Crippen LogP contribution in [-0.4, -0.2) is 5.97 Å². The molecule has 0 aromatic heterocycles. The molecule has 0 fully saturated rings. The molecule has 0 aliphatic carbocycles. The zero-order chi connectivity index (χ0) is 9.40. The van der Waals surface area contributed by atoms with E-state index in [-0.39, 0.29) is 5.97 Å². The third kappa shape index (κ3) is 4.72.